The van der Waals surface area contributed by atoms with Crippen LogP contribution in [0.5, 0.6) is 0 Å². The lowest BCUT2D eigenvalue weighted by Gasteiger charge is -2.23. The van der Waals surface area contributed by atoms with E-state index in [0.29, 0.717) is 26.1 Å². The fourth-order valence-corrected chi connectivity index (χ4v) is 3.13. The molecule has 1 N–H and O–H groups in total. The predicted molar refractivity (Wildman–Crippen MR) is 103 cm³/mol. The number of aryl methyl sites for hydroxylation is 2. The minimum Gasteiger partial charge on any atom is -0.478 e. The Hall–Kier alpha value is -3.42. The highest BCUT2D eigenvalue weighted by Gasteiger charge is 2.26. The van der Waals surface area contributed by atoms with Gasteiger partial charge < -0.3 is 10.0 Å². The van der Waals surface area contributed by atoms with Gasteiger partial charge in [0.25, 0.3) is 5.91 Å². The third-order valence-corrected chi connectivity index (χ3v) is 4.63. The maximum Gasteiger partial charge on any atom is 0.339 e. The number of aromatic nitrogens is 4. The quantitative estimate of drug-likeness (QED) is 0.646. The number of hydrogen-bond acceptors (Lipinski definition) is 4. The highest BCUT2D eigenvalue weighted by atomic mass is 16.4. The van der Waals surface area contributed by atoms with Gasteiger partial charge in [0, 0.05) is 26.3 Å². The van der Waals surface area contributed by atoms with Gasteiger partial charge in [-0.05, 0) is 25.0 Å². The van der Waals surface area contributed by atoms with Gasteiger partial charge in [-0.15, -0.1) is 0 Å². The SMILES string of the molecule is CCn1nccc1CN(CCc1ccccc1)C(=O)c1c(C(=O)O)cnn1C. The van der Waals surface area contributed by atoms with Crippen molar-refractivity contribution in [3.8, 4) is 0 Å². The number of amides is 1. The molecule has 0 spiro atoms. The van der Waals surface area contributed by atoms with E-state index in [1.807, 2.05) is 48.0 Å². The molecular formula is C20H23N5O3. The Balaban J connectivity index is 1.89. The van der Waals surface area contributed by atoms with Crippen LogP contribution in [-0.4, -0.2) is 48.0 Å². The highest BCUT2D eigenvalue weighted by Crippen LogP contribution is 2.15. The average molecular weight is 381 g/mol. The van der Waals surface area contributed by atoms with Crippen LogP contribution in [0.2, 0.25) is 0 Å². The fraction of sp³-hybridized carbons (Fsp3) is 0.300. The molecule has 0 unspecified atom stereocenters. The molecular weight excluding hydrogens is 358 g/mol. The van der Waals surface area contributed by atoms with Crippen molar-refractivity contribution in [3.63, 3.8) is 0 Å². The minimum absolute atomic E-state index is 0.0723. The summed E-state index contributed by atoms with van der Waals surface area (Å²) in [5.74, 6) is -1.53. The zero-order chi connectivity index (χ0) is 20.1. The van der Waals surface area contributed by atoms with Crippen LogP contribution in [0.25, 0.3) is 0 Å². The van der Waals surface area contributed by atoms with Gasteiger partial charge >= 0.3 is 5.97 Å². The second kappa shape index (κ2) is 8.51. The summed E-state index contributed by atoms with van der Waals surface area (Å²) in [6.07, 6.45) is 3.57. The molecule has 2 aromatic heterocycles. The van der Waals surface area contributed by atoms with Gasteiger partial charge in [-0.3, -0.25) is 14.2 Å². The molecule has 3 aromatic rings. The van der Waals surface area contributed by atoms with Gasteiger partial charge in [0.05, 0.1) is 18.4 Å². The van der Waals surface area contributed by atoms with Crippen LogP contribution in [0.15, 0.2) is 48.8 Å². The van der Waals surface area contributed by atoms with Crippen LogP contribution in [0.1, 0.15) is 39.0 Å². The Labute approximate surface area is 163 Å². The van der Waals surface area contributed by atoms with Crippen molar-refractivity contribution < 1.29 is 14.7 Å². The predicted octanol–water partition coefficient (Wildman–Crippen LogP) is 2.22. The third-order valence-electron chi connectivity index (χ3n) is 4.63. The van der Waals surface area contributed by atoms with E-state index < -0.39 is 5.97 Å². The molecule has 0 saturated carbocycles. The maximum atomic E-state index is 13.3. The van der Waals surface area contributed by atoms with Crippen molar-refractivity contribution in [1.29, 1.82) is 0 Å². The number of benzene rings is 1. The zero-order valence-corrected chi connectivity index (χ0v) is 15.9. The van der Waals surface area contributed by atoms with E-state index in [9.17, 15) is 14.7 Å². The molecule has 146 valence electrons. The zero-order valence-electron chi connectivity index (χ0n) is 15.9. The van der Waals surface area contributed by atoms with E-state index in [4.69, 9.17) is 0 Å². The van der Waals surface area contributed by atoms with Gasteiger partial charge in [0.2, 0.25) is 0 Å². The van der Waals surface area contributed by atoms with Gasteiger partial charge in [-0.25, -0.2) is 4.79 Å². The van der Waals surface area contributed by atoms with Gasteiger partial charge in [0.1, 0.15) is 11.3 Å². The summed E-state index contributed by atoms with van der Waals surface area (Å²) in [5, 5.41) is 17.6. The van der Waals surface area contributed by atoms with Crippen molar-refractivity contribution in [2.45, 2.75) is 26.4 Å². The van der Waals surface area contributed by atoms with Crippen LogP contribution in [0.3, 0.4) is 0 Å². The smallest absolute Gasteiger partial charge is 0.339 e. The lowest BCUT2D eigenvalue weighted by atomic mass is 10.1. The van der Waals surface area contributed by atoms with Gasteiger partial charge in [-0.1, -0.05) is 30.3 Å². The average Bonchev–Trinajstić information content (AvgIpc) is 3.31. The summed E-state index contributed by atoms with van der Waals surface area (Å²) < 4.78 is 3.14. The van der Waals surface area contributed by atoms with E-state index in [1.54, 1.807) is 18.1 Å². The Bertz CT molecular complexity index is 961. The summed E-state index contributed by atoms with van der Waals surface area (Å²) in [6.45, 7) is 3.46. The van der Waals surface area contributed by atoms with Crippen LogP contribution < -0.4 is 0 Å². The van der Waals surface area contributed by atoms with E-state index in [-0.39, 0.29) is 17.2 Å². The molecule has 0 radical (unpaired) electrons. The number of carboxylic acid groups (broad SMARTS) is 1. The molecule has 0 aliphatic heterocycles. The standard InChI is InChI=1S/C20H23N5O3/c1-3-25-16(9-11-21-25)14-24(12-10-15-7-5-4-6-8-15)19(26)18-17(20(27)28)13-22-23(18)2/h4-9,11,13H,3,10,12,14H2,1-2H3,(H,27,28). The Morgan fingerprint density at radius 3 is 2.57 bits per heavy atom. The van der Waals surface area contributed by atoms with E-state index in [2.05, 4.69) is 10.2 Å². The summed E-state index contributed by atoms with van der Waals surface area (Å²) >= 11 is 0. The van der Waals surface area contributed by atoms with E-state index in [0.717, 1.165) is 11.3 Å². The lowest BCUT2D eigenvalue weighted by molar-refractivity contribution is 0.0667. The number of aromatic carboxylic acids is 1. The van der Waals surface area contributed by atoms with Gasteiger partial charge in [-0.2, -0.15) is 10.2 Å². The van der Waals surface area contributed by atoms with Gasteiger partial charge in [0.15, 0.2) is 0 Å². The highest BCUT2D eigenvalue weighted by molar-refractivity contribution is 6.03. The van der Waals surface area contributed by atoms with Crippen LogP contribution in [0, 0.1) is 0 Å². The molecule has 3 rings (SSSR count). The Kier molecular flexibility index (Phi) is 5.88. The van der Waals surface area contributed by atoms with Crippen molar-refractivity contribution in [3.05, 3.63) is 71.3 Å². The molecule has 0 aliphatic rings. The Morgan fingerprint density at radius 1 is 1.14 bits per heavy atom. The first-order valence-electron chi connectivity index (χ1n) is 9.10. The third kappa shape index (κ3) is 4.11. The number of carboxylic acids is 1. The number of carbonyl (C=O) groups excluding carboxylic acids is 1. The molecule has 1 aromatic carbocycles. The fourth-order valence-electron chi connectivity index (χ4n) is 3.13. The maximum absolute atomic E-state index is 13.3. The molecule has 8 heteroatoms. The topological polar surface area (TPSA) is 93.2 Å². The normalized spacial score (nSPS) is 10.8. The minimum atomic E-state index is -1.17. The molecule has 2 heterocycles. The molecule has 0 bridgehead atoms. The summed E-state index contributed by atoms with van der Waals surface area (Å²) in [7, 11) is 1.57. The number of nitrogens with zero attached hydrogens (tertiary/aromatic N) is 5. The van der Waals surface area contributed by atoms with Crippen molar-refractivity contribution in [2.75, 3.05) is 6.54 Å². The first-order chi connectivity index (χ1) is 13.5. The van der Waals surface area contributed by atoms with Crippen LogP contribution in [-0.2, 0) is 26.6 Å². The number of rotatable bonds is 8. The first-order valence-corrected chi connectivity index (χ1v) is 9.10. The second-order valence-corrected chi connectivity index (χ2v) is 6.44. The molecule has 28 heavy (non-hydrogen) atoms. The molecule has 8 nitrogen and oxygen atoms in total. The molecule has 0 atom stereocenters. The second-order valence-electron chi connectivity index (χ2n) is 6.44. The molecule has 0 saturated heterocycles. The molecule has 0 aliphatic carbocycles. The number of hydrogen-bond donors (Lipinski definition) is 1. The van der Waals surface area contributed by atoms with Crippen LogP contribution >= 0.6 is 0 Å². The Morgan fingerprint density at radius 2 is 1.89 bits per heavy atom. The molecule has 1 amide bonds. The largest absolute Gasteiger partial charge is 0.478 e. The summed E-state index contributed by atoms with van der Waals surface area (Å²) in [4.78, 5) is 26.4. The van der Waals surface area contributed by atoms with Crippen molar-refractivity contribution >= 4 is 11.9 Å². The summed E-state index contributed by atoms with van der Waals surface area (Å²) in [6, 6.07) is 11.7. The van der Waals surface area contributed by atoms with Crippen LogP contribution in [0.4, 0.5) is 0 Å². The lowest BCUT2D eigenvalue weighted by Crippen LogP contribution is -2.35. The summed E-state index contributed by atoms with van der Waals surface area (Å²) in [5.41, 5.74) is 1.97. The molecule has 0 fully saturated rings. The van der Waals surface area contributed by atoms with E-state index >= 15 is 0 Å². The van der Waals surface area contributed by atoms with E-state index in [1.165, 1.54) is 10.9 Å². The monoisotopic (exact) mass is 381 g/mol. The van der Waals surface area contributed by atoms with Crippen molar-refractivity contribution in [1.82, 2.24) is 24.5 Å². The first kappa shape index (κ1) is 19.3. The number of carbonyl (C=O) groups is 2. The van der Waals surface area contributed by atoms with Crippen molar-refractivity contribution in [2.24, 2.45) is 7.05 Å².